The summed E-state index contributed by atoms with van der Waals surface area (Å²) in [5.41, 5.74) is 2.28. The van der Waals surface area contributed by atoms with Gasteiger partial charge in [-0.05, 0) is 60.2 Å². The number of nitrogens with zero attached hydrogens (tertiary/aromatic N) is 3. The van der Waals surface area contributed by atoms with Crippen LogP contribution in [0.4, 0.5) is 0 Å². The van der Waals surface area contributed by atoms with Gasteiger partial charge in [-0.15, -0.1) is 11.3 Å². The topological polar surface area (TPSA) is 66.1 Å². The predicted octanol–water partition coefficient (Wildman–Crippen LogP) is 3.80. The summed E-state index contributed by atoms with van der Waals surface area (Å²) < 4.78 is 2.27. The molecule has 1 aliphatic rings. The number of rotatable bonds is 4. The van der Waals surface area contributed by atoms with E-state index in [0.29, 0.717) is 38.9 Å². The molecule has 0 atom stereocenters. The first-order valence-corrected chi connectivity index (χ1v) is 12.1. The number of hydrogen-bond donors (Lipinski definition) is 0. The number of benzene rings is 2. The lowest BCUT2D eigenvalue weighted by Gasteiger charge is -2.14. The van der Waals surface area contributed by atoms with Gasteiger partial charge >= 0.3 is 0 Å². The number of amides is 1. The first kappa shape index (κ1) is 23.0. The summed E-state index contributed by atoms with van der Waals surface area (Å²) in [5, 5.41) is 10.5. The maximum Gasteiger partial charge on any atom is 0.273 e. The smallest absolute Gasteiger partial charge is 0.273 e. The number of aromatic nitrogens is 1. The van der Waals surface area contributed by atoms with Crippen molar-refractivity contribution in [1.82, 2.24) is 9.47 Å². The van der Waals surface area contributed by atoms with Gasteiger partial charge < -0.3 is 4.90 Å². The Kier molecular flexibility index (Phi) is 6.83. The van der Waals surface area contributed by atoms with Gasteiger partial charge in [0.05, 0.1) is 10.2 Å². The summed E-state index contributed by atoms with van der Waals surface area (Å²) >= 11 is 7.27. The highest BCUT2D eigenvalue weighted by Crippen LogP contribution is 2.17. The average molecular weight is 478 g/mol. The molecule has 1 aromatic heterocycles. The molecule has 168 valence electrons. The molecule has 0 spiro atoms. The first-order chi connectivity index (χ1) is 15.9. The number of hydrogen-bond acceptors (Lipinski definition) is 4. The van der Waals surface area contributed by atoms with Crippen LogP contribution in [0.25, 0.3) is 17.3 Å². The van der Waals surface area contributed by atoms with Crippen LogP contribution in [-0.4, -0.2) is 28.5 Å². The Bertz CT molecular complexity index is 1410. The summed E-state index contributed by atoms with van der Waals surface area (Å²) in [7, 11) is 0. The second-order valence-corrected chi connectivity index (χ2v) is 9.81. The molecule has 1 saturated heterocycles. The quantitative estimate of drug-likeness (QED) is 0.574. The van der Waals surface area contributed by atoms with Gasteiger partial charge in [0.2, 0.25) is 0 Å². The van der Waals surface area contributed by atoms with Crippen molar-refractivity contribution in [2.45, 2.75) is 32.6 Å². The molecule has 5 nitrogen and oxygen atoms in total. The van der Waals surface area contributed by atoms with E-state index in [1.54, 1.807) is 23.1 Å². The van der Waals surface area contributed by atoms with Crippen LogP contribution in [0.15, 0.2) is 53.3 Å². The zero-order chi connectivity index (χ0) is 23.5. The molecule has 0 bridgehead atoms. The van der Waals surface area contributed by atoms with Crippen molar-refractivity contribution >= 4 is 40.5 Å². The molecule has 0 radical (unpaired) electrons. The number of carbonyl (C=O) groups is 1. The summed E-state index contributed by atoms with van der Waals surface area (Å²) in [5.74, 6) is 0.0283. The third-order valence-electron chi connectivity index (χ3n) is 5.72. The largest absolute Gasteiger partial charge is 0.338 e. The third-order valence-corrected chi connectivity index (χ3v) is 7.05. The van der Waals surface area contributed by atoms with Gasteiger partial charge in [-0.25, -0.2) is 0 Å². The Balaban J connectivity index is 1.99. The predicted molar refractivity (Wildman–Crippen MR) is 133 cm³/mol. The number of nitriles is 1. The van der Waals surface area contributed by atoms with Crippen molar-refractivity contribution in [2.75, 3.05) is 13.1 Å². The zero-order valence-corrected chi connectivity index (χ0v) is 20.1. The molecule has 3 aromatic rings. The van der Waals surface area contributed by atoms with Gasteiger partial charge in [0.1, 0.15) is 10.7 Å². The van der Waals surface area contributed by atoms with E-state index >= 15 is 0 Å². The van der Waals surface area contributed by atoms with Crippen molar-refractivity contribution in [3.8, 4) is 11.8 Å². The Morgan fingerprint density at radius 2 is 1.85 bits per heavy atom. The monoisotopic (exact) mass is 477 g/mol. The molecule has 0 N–H and O–H groups in total. The van der Waals surface area contributed by atoms with E-state index in [9.17, 15) is 14.9 Å². The van der Waals surface area contributed by atoms with E-state index in [2.05, 4.69) is 19.9 Å². The van der Waals surface area contributed by atoms with E-state index in [1.807, 2.05) is 36.4 Å². The summed E-state index contributed by atoms with van der Waals surface area (Å²) in [6.45, 7) is 5.46. The maximum atomic E-state index is 13.5. The number of thiazole rings is 1. The summed E-state index contributed by atoms with van der Waals surface area (Å²) in [4.78, 5) is 28.4. The molecule has 0 unspecified atom stereocenters. The molecule has 0 aliphatic carbocycles. The number of halogens is 1. The Labute approximate surface area is 201 Å². The molecule has 1 fully saturated rings. The van der Waals surface area contributed by atoms with E-state index in [4.69, 9.17) is 11.6 Å². The molecule has 1 amide bonds. The SMILES string of the molecule is CC(C)c1ccc(-n2c(=O)/c(=C\c3cccc(Cl)c3)s/c2=C(/C#N)C(=O)N2CCCC2)cc1. The highest BCUT2D eigenvalue weighted by atomic mass is 35.5. The summed E-state index contributed by atoms with van der Waals surface area (Å²) in [6.07, 6.45) is 3.59. The second kappa shape index (κ2) is 9.78. The first-order valence-electron chi connectivity index (χ1n) is 10.9. The van der Waals surface area contributed by atoms with Gasteiger partial charge in [-0.2, -0.15) is 5.26 Å². The van der Waals surface area contributed by atoms with Crippen molar-refractivity contribution in [3.05, 3.63) is 84.2 Å². The lowest BCUT2D eigenvalue weighted by molar-refractivity contribution is -0.123. The molecule has 7 heteroatoms. The molecule has 1 aliphatic heterocycles. The Morgan fingerprint density at radius 3 is 2.45 bits per heavy atom. The van der Waals surface area contributed by atoms with Gasteiger partial charge in [-0.3, -0.25) is 14.2 Å². The molecule has 2 aromatic carbocycles. The summed E-state index contributed by atoms with van der Waals surface area (Å²) in [6, 6.07) is 17.0. The van der Waals surface area contributed by atoms with Crippen molar-refractivity contribution in [1.29, 1.82) is 5.26 Å². The van der Waals surface area contributed by atoms with E-state index in [0.717, 1.165) is 35.3 Å². The average Bonchev–Trinajstić information content (AvgIpc) is 3.44. The van der Waals surface area contributed by atoms with Crippen molar-refractivity contribution in [3.63, 3.8) is 0 Å². The van der Waals surface area contributed by atoms with Crippen LogP contribution in [0.1, 0.15) is 43.7 Å². The van der Waals surface area contributed by atoms with Crippen LogP contribution in [0.2, 0.25) is 5.02 Å². The number of likely N-dealkylation sites (tertiary alicyclic amines) is 1. The van der Waals surface area contributed by atoms with Gasteiger partial charge in [0, 0.05) is 18.1 Å². The van der Waals surface area contributed by atoms with Crippen LogP contribution in [0.5, 0.6) is 0 Å². The molecular formula is C26H24ClN3O2S. The number of carbonyl (C=O) groups excluding carboxylic acids is 1. The molecular weight excluding hydrogens is 454 g/mol. The molecule has 0 saturated carbocycles. The Morgan fingerprint density at radius 1 is 1.15 bits per heavy atom. The lowest BCUT2D eigenvalue weighted by atomic mass is 10.0. The van der Waals surface area contributed by atoms with Gasteiger partial charge in [0.15, 0.2) is 5.57 Å². The second-order valence-electron chi connectivity index (χ2n) is 8.34. The molecule has 33 heavy (non-hydrogen) atoms. The highest BCUT2D eigenvalue weighted by Gasteiger charge is 2.24. The van der Waals surface area contributed by atoms with E-state index in [1.165, 1.54) is 4.57 Å². The van der Waals surface area contributed by atoms with Crippen LogP contribution in [0.3, 0.4) is 0 Å². The van der Waals surface area contributed by atoms with Crippen LogP contribution in [-0.2, 0) is 4.79 Å². The van der Waals surface area contributed by atoms with Crippen LogP contribution in [0, 0.1) is 11.3 Å². The lowest BCUT2D eigenvalue weighted by Crippen LogP contribution is -2.35. The molecule has 2 heterocycles. The fourth-order valence-electron chi connectivity index (χ4n) is 3.91. The fourth-order valence-corrected chi connectivity index (χ4v) is 5.20. The molecule has 4 rings (SSSR count). The van der Waals surface area contributed by atoms with E-state index in [-0.39, 0.29) is 17.0 Å². The van der Waals surface area contributed by atoms with E-state index < -0.39 is 0 Å². The minimum Gasteiger partial charge on any atom is -0.338 e. The van der Waals surface area contributed by atoms with Crippen LogP contribution >= 0.6 is 22.9 Å². The minimum atomic E-state index is -0.321. The van der Waals surface area contributed by atoms with Crippen LogP contribution < -0.4 is 14.8 Å². The standard InChI is InChI=1S/C26H24ClN3O2S/c1-17(2)19-8-10-21(11-9-19)30-25(32)23(15-18-6-5-7-20(27)14-18)33-26(30)22(16-28)24(31)29-12-3-4-13-29/h5-11,14-15,17H,3-4,12-13H2,1-2H3/b23-15+,26-22-. The van der Waals surface area contributed by atoms with Gasteiger partial charge in [0.25, 0.3) is 11.5 Å². The van der Waals surface area contributed by atoms with Crippen molar-refractivity contribution in [2.24, 2.45) is 0 Å². The minimum absolute atomic E-state index is 0.00215. The zero-order valence-electron chi connectivity index (χ0n) is 18.5. The third kappa shape index (κ3) is 4.80. The highest BCUT2D eigenvalue weighted by molar-refractivity contribution is 7.07. The maximum absolute atomic E-state index is 13.5. The Hall–Kier alpha value is -3.14. The fraction of sp³-hybridized carbons (Fsp3) is 0.269. The van der Waals surface area contributed by atoms with Crippen molar-refractivity contribution < 1.29 is 4.79 Å². The van der Waals surface area contributed by atoms with Gasteiger partial charge in [-0.1, -0.05) is 49.7 Å². The normalized spacial score (nSPS) is 15.1.